The van der Waals surface area contributed by atoms with Crippen molar-refractivity contribution in [2.45, 2.75) is 71.1 Å². The number of carboxylic acid groups (broad SMARTS) is 2. The summed E-state index contributed by atoms with van der Waals surface area (Å²) in [5, 5.41) is 28.0. The molecule has 0 saturated heterocycles. The maximum Gasteiger partial charge on any atom is 0.307 e. The van der Waals surface area contributed by atoms with Gasteiger partial charge in [0.2, 0.25) is 0 Å². The molecule has 1 rings (SSSR count). The fourth-order valence-corrected chi connectivity index (χ4v) is 4.13. The third-order valence-corrected chi connectivity index (χ3v) is 5.65. The smallest absolute Gasteiger partial charge is 0.307 e. The molecule has 7 heteroatoms. The summed E-state index contributed by atoms with van der Waals surface area (Å²) in [4.78, 5) is 35.0. The van der Waals surface area contributed by atoms with Gasteiger partial charge in [0.15, 0.2) is 0 Å². The minimum atomic E-state index is -1.02. The molecule has 0 heterocycles. The summed E-state index contributed by atoms with van der Waals surface area (Å²) >= 11 is 0. The van der Waals surface area contributed by atoms with Gasteiger partial charge in [0.25, 0.3) is 0 Å². The molecule has 0 aromatic carbocycles. The molecule has 0 saturated carbocycles. The third kappa shape index (κ3) is 8.98. The van der Waals surface area contributed by atoms with Gasteiger partial charge in [-0.15, -0.1) is 0 Å². The van der Waals surface area contributed by atoms with Crippen LogP contribution in [0.25, 0.3) is 0 Å². The summed E-state index contributed by atoms with van der Waals surface area (Å²) in [5.74, 6) is -4.53. The highest BCUT2D eigenvalue weighted by molar-refractivity contribution is 5.81. The van der Waals surface area contributed by atoms with Crippen LogP contribution < -0.4 is 0 Å². The third-order valence-electron chi connectivity index (χ3n) is 5.65. The molecular formula is C22H36O7. The van der Waals surface area contributed by atoms with E-state index in [2.05, 4.69) is 0 Å². The number of aliphatic hydroxyl groups is 1. The molecule has 0 bridgehead atoms. The fraction of sp³-hybridized carbons (Fsp3) is 0.773. The highest BCUT2D eigenvalue weighted by Gasteiger charge is 2.44. The average Bonchev–Trinajstić information content (AvgIpc) is 2.69. The van der Waals surface area contributed by atoms with E-state index in [4.69, 9.17) is 9.84 Å². The van der Waals surface area contributed by atoms with E-state index >= 15 is 0 Å². The van der Waals surface area contributed by atoms with Crippen LogP contribution in [0.2, 0.25) is 0 Å². The summed E-state index contributed by atoms with van der Waals surface area (Å²) in [5.41, 5.74) is 0. The van der Waals surface area contributed by atoms with Crippen LogP contribution in [-0.4, -0.2) is 46.4 Å². The molecule has 1 aliphatic carbocycles. The Labute approximate surface area is 173 Å². The number of esters is 1. The van der Waals surface area contributed by atoms with E-state index in [1.165, 1.54) is 0 Å². The molecule has 0 spiro atoms. The molecule has 0 aliphatic heterocycles. The summed E-state index contributed by atoms with van der Waals surface area (Å²) in [6.07, 6.45) is 11.7. The number of allylic oxidation sites excluding steroid dienone is 2. The molecular weight excluding hydrogens is 376 g/mol. The molecule has 4 atom stereocenters. The van der Waals surface area contributed by atoms with Crippen LogP contribution in [-0.2, 0) is 19.1 Å². The average molecular weight is 413 g/mol. The Balaban J connectivity index is 2.44. The lowest BCUT2D eigenvalue weighted by Gasteiger charge is -2.35. The summed E-state index contributed by atoms with van der Waals surface area (Å²) < 4.78 is 4.79. The number of unbranched alkanes of at least 4 members (excludes halogenated alkanes) is 5. The second-order valence-corrected chi connectivity index (χ2v) is 7.83. The predicted molar refractivity (Wildman–Crippen MR) is 108 cm³/mol. The quantitative estimate of drug-likeness (QED) is 0.213. The zero-order valence-corrected chi connectivity index (χ0v) is 17.4. The van der Waals surface area contributed by atoms with E-state index in [-0.39, 0.29) is 31.0 Å². The molecule has 0 fully saturated rings. The zero-order chi connectivity index (χ0) is 21.6. The van der Waals surface area contributed by atoms with E-state index < -0.39 is 23.8 Å². The Morgan fingerprint density at radius 3 is 1.86 bits per heavy atom. The Bertz CT molecular complexity index is 543. The van der Waals surface area contributed by atoms with Gasteiger partial charge in [-0.1, -0.05) is 57.6 Å². The molecule has 1 aliphatic rings. The molecule has 4 unspecified atom stereocenters. The van der Waals surface area contributed by atoms with Crippen molar-refractivity contribution in [2.75, 3.05) is 13.2 Å². The zero-order valence-electron chi connectivity index (χ0n) is 17.4. The Kier molecular flexibility index (Phi) is 12.3. The SMILES string of the molecule is CCCCC1C=CC(CCCCCCCC(=O)OCCO)C(C(=O)O)C1C(=O)O. The van der Waals surface area contributed by atoms with E-state index in [1.807, 2.05) is 19.1 Å². The minimum Gasteiger partial charge on any atom is -0.481 e. The normalized spacial score (nSPS) is 23.7. The van der Waals surface area contributed by atoms with Gasteiger partial charge in [-0.25, -0.2) is 0 Å². The highest BCUT2D eigenvalue weighted by atomic mass is 16.5. The van der Waals surface area contributed by atoms with Crippen LogP contribution in [0.4, 0.5) is 0 Å². The summed E-state index contributed by atoms with van der Waals surface area (Å²) in [6.45, 7) is 1.91. The monoisotopic (exact) mass is 412 g/mol. The van der Waals surface area contributed by atoms with Crippen LogP contribution in [0.15, 0.2) is 12.2 Å². The van der Waals surface area contributed by atoms with Crippen LogP contribution >= 0.6 is 0 Å². The van der Waals surface area contributed by atoms with Gasteiger partial charge in [-0.05, 0) is 31.1 Å². The first-order valence-electron chi connectivity index (χ1n) is 10.8. The van der Waals surface area contributed by atoms with Gasteiger partial charge in [-0.2, -0.15) is 0 Å². The Morgan fingerprint density at radius 1 is 0.828 bits per heavy atom. The minimum absolute atomic E-state index is 0.0368. The topological polar surface area (TPSA) is 121 Å². The maximum atomic E-state index is 11.9. The van der Waals surface area contributed by atoms with Crippen LogP contribution in [0, 0.1) is 23.7 Å². The number of hydrogen-bond acceptors (Lipinski definition) is 5. The first kappa shape index (κ1) is 25.1. The summed E-state index contributed by atoms with van der Waals surface area (Å²) in [7, 11) is 0. The lowest BCUT2D eigenvalue weighted by Crippen LogP contribution is -2.41. The van der Waals surface area contributed by atoms with Gasteiger partial charge < -0.3 is 20.1 Å². The number of carbonyl (C=O) groups is 3. The number of aliphatic carboxylic acids is 2. The van der Waals surface area contributed by atoms with Crippen molar-refractivity contribution >= 4 is 17.9 Å². The molecule has 29 heavy (non-hydrogen) atoms. The standard InChI is InChI=1S/C22H36O7/c1-2-3-9-16-12-13-17(20(22(27)28)19(16)21(25)26)10-7-5-4-6-8-11-18(24)29-15-14-23/h12-13,16-17,19-20,23H,2-11,14-15H2,1H3,(H,25,26)(H,27,28). The number of carbonyl (C=O) groups excluding carboxylic acids is 1. The molecule has 3 N–H and O–H groups in total. The number of carboxylic acids is 2. The highest BCUT2D eigenvalue weighted by Crippen LogP contribution is 2.39. The van der Waals surface area contributed by atoms with Crippen molar-refractivity contribution in [2.24, 2.45) is 23.7 Å². The first-order valence-corrected chi connectivity index (χ1v) is 10.8. The fourth-order valence-electron chi connectivity index (χ4n) is 4.13. The maximum absolute atomic E-state index is 11.9. The lowest BCUT2D eigenvalue weighted by atomic mass is 9.68. The van der Waals surface area contributed by atoms with Crippen LogP contribution in [0.3, 0.4) is 0 Å². The van der Waals surface area contributed by atoms with Crippen molar-refractivity contribution in [3.63, 3.8) is 0 Å². The van der Waals surface area contributed by atoms with E-state index in [1.54, 1.807) is 0 Å². The van der Waals surface area contributed by atoms with Gasteiger partial charge in [-0.3, -0.25) is 14.4 Å². The lowest BCUT2D eigenvalue weighted by molar-refractivity contribution is -0.158. The van der Waals surface area contributed by atoms with Crippen LogP contribution in [0.1, 0.15) is 71.1 Å². The van der Waals surface area contributed by atoms with Crippen molar-refractivity contribution in [3.8, 4) is 0 Å². The summed E-state index contributed by atoms with van der Waals surface area (Å²) in [6, 6.07) is 0. The predicted octanol–water partition coefficient (Wildman–Crippen LogP) is 3.65. The van der Waals surface area contributed by atoms with E-state index in [9.17, 15) is 24.6 Å². The largest absolute Gasteiger partial charge is 0.481 e. The molecule has 166 valence electrons. The second-order valence-electron chi connectivity index (χ2n) is 7.83. The molecule has 0 amide bonds. The van der Waals surface area contributed by atoms with Crippen molar-refractivity contribution < 1.29 is 34.4 Å². The first-order chi connectivity index (χ1) is 13.9. The number of rotatable bonds is 15. The Hall–Kier alpha value is -1.89. The number of ether oxygens (including phenoxy) is 1. The molecule has 0 aromatic rings. The van der Waals surface area contributed by atoms with E-state index in [0.29, 0.717) is 19.3 Å². The molecule has 7 nitrogen and oxygen atoms in total. The number of aliphatic hydroxyl groups excluding tert-OH is 1. The van der Waals surface area contributed by atoms with E-state index in [0.717, 1.165) is 44.9 Å². The molecule has 0 aromatic heterocycles. The number of hydrogen-bond donors (Lipinski definition) is 3. The van der Waals surface area contributed by atoms with Crippen molar-refractivity contribution in [1.29, 1.82) is 0 Å². The Morgan fingerprint density at radius 2 is 1.34 bits per heavy atom. The molecule has 0 radical (unpaired) electrons. The second kappa shape index (κ2) is 14.1. The van der Waals surface area contributed by atoms with Gasteiger partial charge in [0.1, 0.15) is 6.61 Å². The van der Waals surface area contributed by atoms with Gasteiger partial charge >= 0.3 is 17.9 Å². The van der Waals surface area contributed by atoms with Crippen LogP contribution in [0.5, 0.6) is 0 Å². The van der Waals surface area contributed by atoms with Gasteiger partial charge in [0, 0.05) is 6.42 Å². The van der Waals surface area contributed by atoms with Crippen molar-refractivity contribution in [1.82, 2.24) is 0 Å². The van der Waals surface area contributed by atoms with Crippen molar-refractivity contribution in [3.05, 3.63) is 12.2 Å². The van der Waals surface area contributed by atoms with Gasteiger partial charge in [0.05, 0.1) is 18.4 Å².